The van der Waals surface area contributed by atoms with Gasteiger partial charge in [0.1, 0.15) is 5.15 Å². The molecule has 6 heteroatoms. The first kappa shape index (κ1) is 15.4. The van der Waals surface area contributed by atoms with Crippen molar-refractivity contribution in [2.24, 2.45) is 12.9 Å². The second-order valence-corrected chi connectivity index (χ2v) is 5.85. The molecule has 0 saturated heterocycles. The molecule has 1 unspecified atom stereocenters. The van der Waals surface area contributed by atoms with Crippen LogP contribution in [0.4, 0.5) is 0 Å². The van der Waals surface area contributed by atoms with Crippen molar-refractivity contribution in [1.82, 2.24) is 15.2 Å². The number of aromatic nitrogens is 2. The summed E-state index contributed by atoms with van der Waals surface area (Å²) in [6.45, 7) is 1.97. The third kappa shape index (κ3) is 3.01. The van der Waals surface area contributed by atoms with Gasteiger partial charge in [0, 0.05) is 17.5 Å². The lowest BCUT2D eigenvalue weighted by atomic mass is 10.00. The van der Waals surface area contributed by atoms with Crippen LogP contribution < -0.4 is 11.3 Å². The molecule has 0 aliphatic heterocycles. The van der Waals surface area contributed by atoms with Crippen LogP contribution in [0.5, 0.6) is 0 Å². The Hall–Kier alpha value is -1.01. The van der Waals surface area contributed by atoms with Gasteiger partial charge in [-0.05, 0) is 31.2 Å². The zero-order chi connectivity index (χ0) is 14.7. The van der Waals surface area contributed by atoms with Crippen LogP contribution in [0.2, 0.25) is 5.15 Å². The number of nitrogens with zero attached hydrogens (tertiary/aromatic N) is 2. The quantitative estimate of drug-likeness (QED) is 0.506. The Bertz CT molecular complexity index is 597. The third-order valence-electron chi connectivity index (χ3n) is 3.39. The highest BCUT2D eigenvalue weighted by molar-refractivity contribution is 7.98. The van der Waals surface area contributed by atoms with E-state index in [0.29, 0.717) is 11.6 Å². The number of thioether (sulfide) groups is 1. The Morgan fingerprint density at radius 2 is 2.15 bits per heavy atom. The fraction of sp³-hybridized carbons (Fsp3) is 0.357. The molecule has 0 radical (unpaired) electrons. The Morgan fingerprint density at radius 1 is 1.45 bits per heavy atom. The van der Waals surface area contributed by atoms with Crippen LogP contribution in [0.15, 0.2) is 29.2 Å². The van der Waals surface area contributed by atoms with E-state index in [4.69, 9.17) is 17.4 Å². The Labute approximate surface area is 128 Å². The molecule has 108 valence electrons. The van der Waals surface area contributed by atoms with Crippen LogP contribution in [-0.2, 0) is 13.5 Å². The number of aryl methyl sites for hydroxylation is 2. The molecule has 0 fully saturated rings. The number of hydrogen-bond donors (Lipinski definition) is 2. The SMILES string of the molecule is CSc1ccccc1C(Cc1c(C)nn(C)c1Cl)NN. The van der Waals surface area contributed by atoms with Crippen molar-refractivity contribution in [1.29, 1.82) is 0 Å². The summed E-state index contributed by atoms with van der Waals surface area (Å²) in [4.78, 5) is 1.22. The predicted molar refractivity (Wildman–Crippen MR) is 84.9 cm³/mol. The molecular weight excluding hydrogens is 292 g/mol. The molecule has 0 aliphatic rings. The molecule has 4 nitrogen and oxygen atoms in total. The van der Waals surface area contributed by atoms with Crippen molar-refractivity contribution < 1.29 is 0 Å². The van der Waals surface area contributed by atoms with Gasteiger partial charge in [-0.1, -0.05) is 29.8 Å². The van der Waals surface area contributed by atoms with Crippen molar-refractivity contribution in [3.63, 3.8) is 0 Å². The van der Waals surface area contributed by atoms with E-state index in [1.54, 1.807) is 16.4 Å². The summed E-state index contributed by atoms with van der Waals surface area (Å²) in [6.07, 6.45) is 2.78. The number of nitrogens with two attached hydrogens (primary N) is 1. The molecule has 1 aromatic carbocycles. The van der Waals surface area contributed by atoms with Crippen LogP contribution in [-0.4, -0.2) is 16.0 Å². The summed E-state index contributed by atoms with van der Waals surface area (Å²) in [5, 5.41) is 5.02. The summed E-state index contributed by atoms with van der Waals surface area (Å²) in [5.74, 6) is 5.75. The monoisotopic (exact) mass is 310 g/mol. The molecule has 1 aromatic heterocycles. The van der Waals surface area contributed by atoms with Crippen LogP contribution in [0, 0.1) is 6.92 Å². The number of nitrogens with one attached hydrogen (secondary N) is 1. The first-order chi connectivity index (χ1) is 9.58. The standard InChI is InChI=1S/C14H19ClN4S/c1-9-11(14(15)19(2)18-9)8-12(17-16)10-6-4-5-7-13(10)20-3/h4-7,12,17H,8,16H2,1-3H3. The van der Waals surface area contributed by atoms with Crippen LogP contribution in [0.1, 0.15) is 22.9 Å². The molecular formula is C14H19ClN4S. The maximum Gasteiger partial charge on any atom is 0.130 e. The summed E-state index contributed by atoms with van der Waals surface area (Å²) in [7, 11) is 1.85. The van der Waals surface area contributed by atoms with E-state index >= 15 is 0 Å². The molecule has 1 atom stereocenters. The van der Waals surface area contributed by atoms with Gasteiger partial charge in [-0.25, -0.2) is 0 Å². The Morgan fingerprint density at radius 3 is 2.70 bits per heavy atom. The lowest BCUT2D eigenvalue weighted by Gasteiger charge is -2.19. The molecule has 3 N–H and O–H groups in total. The minimum Gasteiger partial charge on any atom is -0.271 e. The molecule has 0 aliphatic carbocycles. The number of hydrogen-bond acceptors (Lipinski definition) is 4. The Balaban J connectivity index is 2.34. The third-order valence-corrected chi connectivity index (χ3v) is 4.68. The second kappa shape index (κ2) is 6.63. The highest BCUT2D eigenvalue weighted by Gasteiger charge is 2.19. The van der Waals surface area contributed by atoms with Crippen LogP contribution in [0.3, 0.4) is 0 Å². The lowest BCUT2D eigenvalue weighted by molar-refractivity contribution is 0.543. The summed E-state index contributed by atoms with van der Waals surface area (Å²) in [6, 6.07) is 8.26. The Kier molecular flexibility index (Phi) is 5.10. The first-order valence-electron chi connectivity index (χ1n) is 6.35. The molecule has 0 spiro atoms. The molecule has 0 bridgehead atoms. The molecule has 1 heterocycles. The predicted octanol–water partition coefficient (Wildman–Crippen LogP) is 2.85. The molecule has 20 heavy (non-hydrogen) atoms. The number of rotatable bonds is 5. The highest BCUT2D eigenvalue weighted by Crippen LogP contribution is 2.30. The average molecular weight is 311 g/mol. The van der Waals surface area contributed by atoms with Gasteiger partial charge in [0.05, 0.1) is 11.7 Å². The highest BCUT2D eigenvalue weighted by atomic mass is 35.5. The van der Waals surface area contributed by atoms with E-state index in [-0.39, 0.29) is 6.04 Å². The normalized spacial score (nSPS) is 12.7. The maximum atomic E-state index is 6.30. The van der Waals surface area contributed by atoms with E-state index in [1.807, 2.05) is 26.1 Å². The van der Waals surface area contributed by atoms with E-state index in [0.717, 1.165) is 11.3 Å². The summed E-state index contributed by atoms with van der Waals surface area (Å²) in [5.41, 5.74) is 6.06. The van der Waals surface area contributed by atoms with Crippen molar-refractivity contribution in [3.8, 4) is 0 Å². The lowest BCUT2D eigenvalue weighted by Crippen LogP contribution is -2.30. The van der Waals surface area contributed by atoms with Gasteiger partial charge in [-0.2, -0.15) is 5.10 Å². The summed E-state index contributed by atoms with van der Waals surface area (Å²) >= 11 is 8.02. The zero-order valence-corrected chi connectivity index (χ0v) is 13.4. The number of benzene rings is 1. The van der Waals surface area contributed by atoms with Crippen molar-refractivity contribution in [2.45, 2.75) is 24.3 Å². The number of hydrazine groups is 1. The van der Waals surface area contributed by atoms with Crippen molar-refractivity contribution >= 4 is 23.4 Å². The van der Waals surface area contributed by atoms with Crippen molar-refractivity contribution in [2.75, 3.05) is 6.26 Å². The van der Waals surface area contributed by atoms with E-state index in [2.05, 4.69) is 28.9 Å². The largest absolute Gasteiger partial charge is 0.271 e. The van der Waals surface area contributed by atoms with Gasteiger partial charge in [-0.15, -0.1) is 11.8 Å². The zero-order valence-electron chi connectivity index (χ0n) is 11.9. The van der Waals surface area contributed by atoms with Gasteiger partial charge in [0.15, 0.2) is 0 Å². The van der Waals surface area contributed by atoms with Gasteiger partial charge in [0.25, 0.3) is 0 Å². The topological polar surface area (TPSA) is 55.9 Å². The van der Waals surface area contributed by atoms with Gasteiger partial charge in [0.2, 0.25) is 0 Å². The second-order valence-electron chi connectivity index (χ2n) is 4.64. The minimum absolute atomic E-state index is 0.0130. The van der Waals surface area contributed by atoms with Crippen molar-refractivity contribution in [3.05, 3.63) is 46.2 Å². The van der Waals surface area contributed by atoms with Crippen LogP contribution >= 0.6 is 23.4 Å². The molecule has 0 amide bonds. The van der Waals surface area contributed by atoms with Crippen LogP contribution in [0.25, 0.3) is 0 Å². The number of halogens is 1. The minimum atomic E-state index is 0.0130. The van der Waals surface area contributed by atoms with E-state index in [9.17, 15) is 0 Å². The van der Waals surface area contributed by atoms with E-state index in [1.165, 1.54) is 10.5 Å². The molecule has 2 rings (SSSR count). The summed E-state index contributed by atoms with van der Waals surface area (Å²) < 4.78 is 1.69. The van der Waals surface area contributed by atoms with Gasteiger partial charge >= 0.3 is 0 Å². The van der Waals surface area contributed by atoms with Gasteiger partial charge < -0.3 is 0 Å². The first-order valence-corrected chi connectivity index (χ1v) is 7.95. The fourth-order valence-electron chi connectivity index (χ4n) is 2.32. The average Bonchev–Trinajstić information content (AvgIpc) is 2.70. The smallest absolute Gasteiger partial charge is 0.130 e. The van der Waals surface area contributed by atoms with Gasteiger partial charge in [-0.3, -0.25) is 16.0 Å². The van der Waals surface area contributed by atoms with E-state index < -0.39 is 0 Å². The molecule has 2 aromatic rings. The molecule has 0 saturated carbocycles. The maximum absolute atomic E-state index is 6.30. The fourth-order valence-corrected chi connectivity index (χ4v) is 3.24.